The van der Waals surface area contributed by atoms with Gasteiger partial charge in [0.15, 0.2) is 5.11 Å². The molecule has 0 atom stereocenters. The first-order chi connectivity index (χ1) is 19.1. The summed E-state index contributed by atoms with van der Waals surface area (Å²) in [4.78, 5) is 0. The van der Waals surface area contributed by atoms with E-state index in [0.29, 0.717) is 28.2 Å². The topological polar surface area (TPSA) is 72.7 Å². The molecule has 40 heavy (non-hydrogen) atoms. The molecule has 1 aromatic heterocycles. The van der Waals surface area contributed by atoms with Crippen molar-refractivity contribution in [2.75, 3.05) is 5.32 Å². The fourth-order valence-corrected chi connectivity index (χ4v) is 4.00. The van der Waals surface area contributed by atoms with E-state index in [-0.39, 0.29) is 12.4 Å². The second-order valence-electron chi connectivity index (χ2n) is 9.16. The smallest absolute Gasteiger partial charge is 0.473 e. The molecule has 0 amide bonds. The molecule has 0 bridgehead atoms. The molecule has 0 spiro atoms. The highest BCUT2D eigenvalue weighted by Crippen LogP contribution is 2.26. The summed E-state index contributed by atoms with van der Waals surface area (Å²) < 4.78 is 48.3. The number of nitrogens with zero attached hydrogens (tertiary/aromatic N) is 3. The average Bonchev–Trinajstić information content (AvgIpc) is 3.28. The van der Waals surface area contributed by atoms with Gasteiger partial charge in [-0.15, -0.1) is 13.2 Å². The third-order valence-electron chi connectivity index (χ3n) is 5.80. The van der Waals surface area contributed by atoms with Gasteiger partial charge in [-0.05, 0) is 53.0 Å². The molecule has 0 saturated heterocycles. The van der Waals surface area contributed by atoms with E-state index in [4.69, 9.17) is 17.0 Å². The second-order valence-corrected chi connectivity index (χ2v) is 9.57. The Kier molecular flexibility index (Phi) is 9.05. The minimum atomic E-state index is -4.73. The van der Waals surface area contributed by atoms with Crippen LogP contribution in [0.5, 0.6) is 11.6 Å². The number of benzene rings is 3. The van der Waals surface area contributed by atoms with Crippen LogP contribution >= 0.6 is 12.2 Å². The number of halogens is 3. The number of thiocarbonyl (C=S) groups is 1. The van der Waals surface area contributed by atoms with Crippen molar-refractivity contribution in [2.45, 2.75) is 32.7 Å². The molecule has 0 saturated carbocycles. The van der Waals surface area contributed by atoms with Gasteiger partial charge in [-0.25, -0.2) is 4.68 Å². The van der Waals surface area contributed by atoms with Crippen molar-refractivity contribution < 1.29 is 22.6 Å². The first-order valence-corrected chi connectivity index (χ1v) is 12.8. The maximum Gasteiger partial charge on any atom is 0.573 e. The van der Waals surface area contributed by atoms with Crippen molar-refractivity contribution in [3.8, 4) is 22.9 Å². The predicted octanol–water partition coefficient (Wildman–Crippen LogP) is 7.01. The number of aromatic nitrogens is 2. The number of alkyl halides is 3. The highest BCUT2D eigenvalue weighted by molar-refractivity contribution is 7.80. The lowest BCUT2D eigenvalue weighted by atomic mass is 10.0. The largest absolute Gasteiger partial charge is 0.573 e. The quantitative estimate of drug-likeness (QED) is 0.129. The van der Waals surface area contributed by atoms with Crippen LogP contribution in [-0.2, 0) is 13.7 Å². The van der Waals surface area contributed by atoms with Crippen LogP contribution in [0.25, 0.3) is 11.3 Å². The summed E-state index contributed by atoms with van der Waals surface area (Å²) in [5.74, 6) is 0.591. The predicted molar refractivity (Wildman–Crippen MR) is 154 cm³/mol. The number of hydrogen-bond donors (Lipinski definition) is 2. The van der Waals surface area contributed by atoms with Gasteiger partial charge in [0.1, 0.15) is 12.4 Å². The van der Waals surface area contributed by atoms with Crippen LogP contribution in [0.15, 0.2) is 84.0 Å². The van der Waals surface area contributed by atoms with Crippen LogP contribution in [0.3, 0.4) is 0 Å². The molecule has 0 aliphatic heterocycles. The van der Waals surface area contributed by atoms with Gasteiger partial charge in [-0.2, -0.15) is 10.2 Å². The molecule has 0 radical (unpaired) electrons. The summed E-state index contributed by atoms with van der Waals surface area (Å²) in [6.07, 6.45) is -3.06. The van der Waals surface area contributed by atoms with Crippen molar-refractivity contribution in [2.24, 2.45) is 12.1 Å². The van der Waals surface area contributed by atoms with Crippen molar-refractivity contribution >= 4 is 29.2 Å². The Bertz CT molecular complexity index is 1470. The van der Waals surface area contributed by atoms with E-state index in [2.05, 4.69) is 45.6 Å². The Morgan fingerprint density at radius 1 is 1.05 bits per heavy atom. The van der Waals surface area contributed by atoms with E-state index in [1.165, 1.54) is 29.8 Å². The summed E-state index contributed by atoms with van der Waals surface area (Å²) in [5, 5.41) is 12.3. The van der Waals surface area contributed by atoms with Crippen molar-refractivity contribution in [1.29, 1.82) is 0 Å². The van der Waals surface area contributed by atoms with Gasteiger partial charge >= 0.3 is 6.36 Å². The van der Waals surface area contributed by atoms with Crippen LogP contribution in [0.1, 0.15) is 36.5 Å². The molecule has 7 nitrogen and oxygen atoms in total. The molecular weight excluding hydrogens is 539 g/mol. The minimum absolute atomic E-state index is 0.160. The highest BCUT2D eigenvalue weighted by Gasteiger charge is 2.30. The van der Waals surface area contributed by atoms with Gasteiger partial charge in [0, 0.05) is 24.4 Å². The van der Waals surface area contributed by atoms with Crippen molar-refractivity contribution in [1.82, 2.24) is 15.2 Å². The number of para-hydroxylation sites is 1. The van der Waals surface area contributed by atoms with Crippen LogP contribution in [-0.4, -0.2) is 27.5 Å². The number of anilines is 1. The maximum atomic E-state index is 12.3. The summed E-state index contributed by atoms with van der Waals surface area (Å²) in [6.45, 7) is 4.41. The van der Waals surface area contributed by atoms with Gasteiger partial charge in [-0.1, -0.05) is 68.4 Å². The first kappa shape index (κ1) is 28.6. The Morgan fingerprint density at radius 3 is 2.42 bits per heavy atom. The average molecular weight is 568 g/mol. The van der Waals surface area contributed by atoms with E-state index in [1.54, 1.807) is 24.0 Å². The third kappa shape index (κ3) is 8.06. The fraction of sp³-hybridized carbons (Fsp3) is 0.207. The fourth-order valence-electron chi connectivity index (χ4n) is 3.84. The Balaban J connectivity index is 1.31. The molecule has 0 aliphatic rings. The summed E-state index contributed by atoms with van der Waals surface area (Å²) >= 11 is 5.37. The summed E-state index contributed by atoms with van der Waals surface area (Å²) in [5.41, 5.74) is 8.11. The van der Waals surface area contributed by atoms with Crippen LogP contribution in [0.2, 0.25) is 0 Å². The van der Waals surface area contributed by atoms with E-state index in [0.717, 1.165) is 16.8 Å². The molecule has 4 rings (SSSR count). The van der Waals surface area contributed by atoms with E-state index in [9.17, 15) is 13.2 Å². The molecular formula is C29H28F3N5O2S. The molecule has 0 unspecified atom stereocenters. The molecule has 3 aromatic carbocycles. The summed E-state index contributed by atoms with van der Waals surface area (Å²) in [7, 11) is 1.75. The van der Waals surface area contributed by atoms with Gasteiger partial charge in [0.05, 0.1) is 11.9 Å². The van der Waals surface area contributed by atoms with Gasteiger partial charge < -0.3 is 14.8 Å². The lowest BCUT2D eigenvalue weighted by Crippen LogP contribution is -2.24. The number of nitrogens with one attached hydrogen (secondary N) is 2. The first-order valence-electron chi connectivity index (χ1n) is 12.4. The second kappa shape index (κ2) is 12.6. The lowest BCUT2D eigenvalue weighted by Gasteiger charge is -2.14. The van der Waals surface area contributed by atoms with Crippen LogP contribution in [0.4, 0.5) is 18.9 Å². The summed E-state index contributed by atoms with van der Waals surface area (Å²) in [6, 6.07) is 23.0. The molecule has 0 fully saturated rings. The van der Waals surface area contributed by atoms with E-state index >= 15 is 0 Å². The van der Waals surface area contributed by atoms with Crippen molar-refractivity contribution in [3.05, 3.63) is 95.6 Å². The van der Waals surface area contributed by atoms with E-state index < -0.39 is 6.36 Å². The van der Waals surface area contributed by atoms with Gasteiger partial charge in [-0.3, -0.25) is 5.43 Å². The number of rotatable bonds is 9. The van der Waals surface area contributed by atoms with Gasteiger partial charge in [0.25, 0.3) is 0 Å². The number of hydrogen-bond acceptors (Lipinski definition) is 5. The number of hydrazone groups is 1. The molecule has 2 N–H and O–H groups in total. The molecule has 11 heteroatoms. The molecule has 208 valence electrons. The molecule has 0 aliphatic carbocycles. The standard InChI is InChI=1S/C29H28F3N5O2S/c1-19(2)24-6-4-5-7-25(24)34-28(40)35-33-17-20-8-12-22(13-9-20)26-16-27(37(3)36-26)38-18-21-10-14-23(15-11-21)39-29(30,31)32/h4-17,19H,18H2,1-3H3,(H2,34,35,40)/b33-17+. The molecule has 4 aromatic rings. The maximum absolute atomic E-state index is 12.3. The van der Waals surface area contributed by atoms with Crippen LogP contribution in [0, 0.1) is 0 Å². The zero-order chi connectivity index (χ0) is 28.7. The van der Waals surface area contributed by atoms with Crippen molar-refractivity contribution in [3.63, 3.8) is 0 Å². The van der Waals surface area contributed by atoms with E-state index in [1.807, 2.05) is 42.5 Å². The zero-order valence-electron chi connectivity index (χ0n) is 22.1. The lowest BCUT2D eigenvalue weighted by molar-refractivity contribution is -0.274. The number of ether oxygens (including phenoxy) is 2. The normalized spacial score (nSPS) is 11.6. The third-order valence-corrected chi connectivity index (χ3v) is 5.99. The monoisotopic (exact) mass is 567 g/mol. The Morgan fingerprint density at radius 2 is 1.75 bits per heavy atom. The Labute approximate surface area is 235 Å². The number of aryl methyl sites for hydroxylation is 1. The van der Waals surface area contributed by atoms with Crippen LogP contribution < -0.4 is 20.2 Å². The zero-order valence-corrected chi connectivity index (χ0v) is 22.9. The Hall–Kier alpha value is -4.38. The minimum Gasteiger partial charge on any atom is -0.473 e. The highest BCUT2D eigenvalue weighted by atomic mass is 32.1. The molecule has 1 heterocycles. The SMILES string of the molecule is CC(C)c1ccccc1NC(=S)N/N=C/c1ccc(-c2cc(OCc3ccc(OC(F)(F)F)cc3)n(C)n2)cc1. The van der Waals surface area contributed by atoms with Gasteiger partial charge in [0.2, 0.25) is 5.88 Å².